The molecule has 0 spiro atoms. The number of nitrogens with zero attached hydrogens (tertiary/aromatic N) is 2. The average molecular weight is 188 g/mol. The molecule has 0 bridgehead atoms. The van der Waals surface area contributed by atoms with Crippen molar-refractivity contribution in [3.63, 3.8) is 0 Å². The first-order valence-corrected chi connectivity index (χ1v) is 5.02. The van der Waals surface area contributed by atoms with E-state index in [0.29, 0.717) is 5.92 Å². The second-order valence-electron chi connectivity index (χ2n) is 4.12. The maximum absolute atomic E-state index is 4.48. The second kappa shape index (κ2) is 3.12. The number of benzene rings is 1. The Hall–Kier alpha value is -1.31. The fourth-order valence-electron chi connectivity index (χ4n) is 1.69. The summed E-state index contributed by atoms with van der Waals surface area (Å²) >= 11 is 0. The normalized spacial score (nSPS) is 11.5. The molecule has 0 radical (unpaired) electrons. The van der Waals surface area contributed by atoms with E-state index in [2.05, 4.69) is 48.6 Å². The molecule has 2 aromatic rings. The fourth-order valence-corrected chi connectivity index (χ4v) is 1.69. The maximum atomic E-state index is 4.48. The minimum absolute atomic E-state index is 0.578. The van der Waals surface area contributed by atoms with E-state index in [4.69, 9.17) is 0 Å². The monoisotopic (exact) mass is 188 g/mol. The number of aromatic nitrogens is 2. The van der Waals surface area contributed by atoms with Gasteiger partial charge in [0, 0.05) is 7.05 Å². The van der Waals surface area contributed by atoms with Gasteiger partial charge < -0.3 is 4.57 Å². The molecule has 2 nitrogen and oxygen atoms in total. The second-order valence-corrected chi connectivity index (χ2v) is 4.12. The summed E-state index contributed by atoms with van der Waals surface area (Å²) in [5.74, 6) is 1.65. The van der Waals surface area contributed by atoms with Gasteiger partial charge in [0.15, 0.2) is 0 Å². The van der Waals surface area contributed by atoms with Crippen LogP contribution in [0.15, 0.2) is 18.2 Å². The van der Waals surface area contributed by atoms with Crippen LogP contribution in [0.3, 0.4) is 0 Å². The van der Waals surface area contributed by atoms with E-state index in [9.17, 15) is 0 Å². The molecule has 0 N–H and O–H groups in total. The Morgan fingerprint density at radius 1 is 1.29 bits per heavy atom. The average Bonchev–Trinajstić information content (AvgIpc) is 2.43. The maximum Gasteiger partial charge on any atom is 0.106 e. The molecule has 14 heavy (non-hydrogen) atoms. The zero-order chi connectivity index (χ0) is 10.3. The van der Waals surface area contributed by atoms with Gasteiger partial charge in [-0.05, 0) is 30.5 Å². The summed E-state index contributed by atoms with van der Waals surface area (Å²) in [7, 11) is 2.06. The van der Waals surface area contributed by atoms with Gasteiger partial charge in [0.25, 0.3) is 0 Å². The third kappa shape index (κ3) is 1.31. The van der Waals surface area contributed by atoms with Crippen LogP contribution in [0.4, 0.5) is 0 Å². The molecule has 0 amide bonds. The van der Waals surface area contributed by atoms with E-state index in [1.807, 2.05) is 6.92 Å². The fraction of sp³-hybridized carbons (Fsp3) is 0.417. The zero-order valence-electron chi connectivity index (χ0n) is 9.20. The van der Waals surface area contributed by atoms with E-state index in [1.54, 1.807) is 0 Å². The molecule has 2 heteroatoms. The largest absolute Gasteiger partial charge is 0.331 e. The van der Waals surface area contributed by atoms with Crippen LogP contribution >= 0.6 is 0 Å². The van der Waals surface area contributed by atoms with Crippen molar-refractivity contribution in [3.05, 3.63) is 29.6 Å². The predicted octanol–water partition coefficient (Wildman–Crippen LogP) is 3.01. The lowest BCUT2D eigenvalue weighted by molar-refractivity contribution is 0.860. The zero-order valence-corrected chi connectivity index (χ0v) is 9.20. The standard InChI is InChI=1S/C12H16N2/c1-8(2)10-5-6-11-12(7-10)14(4)9(3)13-11/h5-8H,1-4H3. The molecule has 0 aliphatic heterocycles. The molecule has 2 rings (SSSR count). The van der Waals surface area contributed by atoms with Gasteiger partial charge in [0.1, 0.15) is 5.82 Å². The third-order valence-electron chi connectivity index (χ3n) is 2.80. The molecule has 0 saturated carbocycles. The molecule has 1 heterocycles. The van der Waals surface area contributed by atoms with Gasteiger partial charge in [-0.2, -0.15) is 0 Å². The van der Waals surface area contributed by atoms with E-state index in [0.717, 1.165) is 11.3 Å². The first kappa shape index (κ1) is 9.25. The molecule has 0 atom stereocenters. The highest BCUT2D eigenvalue weighted by atomic mass is 15.0. The molecular formula is C12H16N2. The summed E-state index contributed by atoms with van der Waals surface area (Å²) in [6.45, 7) is 6.46. The number of aryl methyl sites for hydroxylation is 2. The van der Waals surface area contributed by atoms with Crippen molar-refractivity contribution in [1.82, 2.24) is 9.55 Å². The first-order chi connectivity index (χ1) is 6.59. The number of hydrogen-bond donors (Lipinski definition) is 0. The van der Waals surface area contributed by atoms with Gasteiger partial charge in [-0.1, -0.05) is 19.9 Å². The molecule has 74 valence electrons. The molecular weight excluding hydrogens is 172 g/mol. The first-order valence-electron chi connectivity index (χ1n) is 5.02. The molecule has 0 saturated heterocycles. The predicted molar refractivity (Wildman–Crippen MR) is 59.5 cm³/mol. The lowest BCUT2D eigenvalue weighted by atomic mass is 10.0. The molecule has 0 fully saturated rings. The van der Waals surface area contributed by atoms with Crippen LogP contribution in [0.5, 0.6) is 0 Å². The Morgan fingerprint density at radius 3 is 2.64 bits per heavy atom. The van der Waals surface area contributed by atoms with Crippen molar-refractivity contribution in [2.75, 3.05) is 0 Å². The van der Waals surface area contributed by atoms with Crippen LogP contribution in [0.25, 0.3) is 11.0 Å². The van der Waals surface area contributed by atoms with Crippen LogP contribution in [0, 0.1) is 6.92 Å². The highest BCUT2D eigenvalue weighted by Crippen LogP contribution is 2.21. The van der Waals surface area contributed by atoms with Crippen LogP contribution in [-0.4, -0.2) is 9.55 Å². The Labute approximate surface area is 84.6 Å². The van der Waals surface area contributed by atoms with Crippen molar-refractivity contribution in [1.29, 1.82) is 0 Å². The van der Waals surface area contributed by atoms with Gasteiger partial charge in [0.05, 0.1) is 11.0 Å². The van der Waals surface area contributed by atoms with Gasteiger partial charge in [-0.3, -0.25) is 0 Å². The van der Waals surface area contributed by atoms with Crippen molar-refractivity contribution < 1.29 is 0 Å². The molecule has 1 aromatic heterocycles. The van der Waals surface area contributed by atoms with Gasteiger partial charge in [-0.25, -0.2) is 4.98 Å². The SMILES string of the molecule is Cc1nc2ccc(C(C)C)cc2n1C. The molecule has 0 aliphatic carbocycles. The molecule has 1 aromatic carbocycles. The van der Waals surface area contributed by atoms with E-state index < -0.39 is 0 Å². The lowest BCUT2D eigenvalue weighted by Crippen LogP contribution is -1.92. The number of rotatable bonds is 1. The highest BCUT2D eigenvalue weighted by Gasteiger charge is 2.06. The Morgan fingerprint density at radius 2 is 2.00 bits per heavy atom. The number of imidazole rings is 1. The quantitative estimate of drug-likeness (QED) is 0.672. The van der Waals surface area contributed by atoms with Gasteiger partial charge >= 0.3 is 0 Å². The van der Waals surface area contributed by atoms with Crippen molar-refractivity contribution >= 4 is 11.0 Å². The van der Waals surface area contributed by atoms with E-state index in [-0.39, 0.29) is 0 Å². The Kier molecular flexibility index (Phi) is 2.06. The summed E-state index contributed by atoms with van der Waals surface area (Å²) in [4.78, 5) is 4.48. The summed E-state index contributed by atoms with van der Waals surface area (Å²) in [5, 5.41) is 0. The lowest BCUT2D eigenvalue weighted by Gasteiger charge is -2.05. The van der Waals surface area contributed by atoms with Gasteiger partial charge in [-0.15, -0.1) is 0 Å². The van der Waals surface area contributed by atoms with E-state index >= 15 is 0 Å². The van der Waals surface area contributed by atoms with Crippen molar-refractivity contribution in [3.8, 4) is 0 Å². The number of hydrogen-bond acceptors (Lipinski definition) is 1. The van der Waals surface area contributed by atoms with Crippen LogP contribution in [0.1, 0.15) is 31.2 Å². The van der Waals surface area contributed by atoms with Crippen LogP contribution in [-0.2, 0) is 7.05 Å². The Bertz CT molecular complexity index is 466. The minimum atomic E-state index is 0.578. The Balaban J connectivity index is 2.69. The summed E-state index contributed by atoms with van der Waals surface area (Å²) in [5.41, 5.74) is 3.70. The minimum Gasteiger partial charge on any atom is -0.331 e. The smallest absolute Gasteiger partial charge is 0.106 e. The number of fused-ring (bicyclic) bond motifs is 1. The summed E-state index contributed by atoms with van der Waals surface area (Å²) < 4.78 is 2.14. The topological polar surface area (TPSA) is 17.8 Å². The summed E-state index contributed by atoms with van der Waals surface area (Å²) in [6.07, 6.45) is 0. The van der Waals surface area contributed by atoms with Crippen LogP contribution < -0.4 is 0 Å². The molecule has 0 aliphatic rings. The van der Waals surface area contributed by atoms with Gasteiger partial charge in [0.2, 0.25) is 0 Å². The molecule has 0 unspecified atom stereocenters. The van der Waals surface area contributed by atoms with Crippen LogP contribution in [0.2, 0.25) is 0 Å². The van der Waals surface area contributed by atoms with Crippen molar-refractivity contribution in [2.24, 2.45) is 7.05 Å². The highest BCUT2D eigenvalue weighted by molar-refractivity contribution is 5.76. The summed E-state index contributed by atoms with van der Waals surface area (Å²) in [6, 6.07) is 6.51. The van der Waals surface area contributed by atoms with E-state index in [1.165, 1.54) is 11.1 Å². The van der Waals surface area contributed by atoms with Crippen molar-refractivity contribution in [2.45, 2.75) is 26.7 Å². The third-order valence-corrected chi connectivity index (χ3v) is 2.80.